The van der Waals surface area contributed by atoms with Gasteiger partial charge in [-0.3, -0.25) is 4.79 Å². The Balaban J connectivity index is 1.51. The number of nitrogens with zero attached hydrogens (tertiary/aromatic N) is 1. The number of ether oxygens (including phenoxy) is 1. The molecule has 156 valence electrons. The normalized spacial score (nSPS) is 25.5. The minimum absolute atomic E-state index is 0.0668. The maximum atomic E-state index is 13.0. The quantitative estimate of drug-likeness (QED) is 0.801. The second-order valence-electron chi connectivity index (χ2n) is 8.65. The highest BCUT2D eigenvalue weighted by Crippen LogP contribution is 2.40. The van der Waals surface area contributed by atoms with Crippen molar-refractivity contribution in [1.82, 2.24) is 4.90 Å². The molecule has 0 unspecified atom stereocenters. The summed E-state index contributed by atoms with van der Waals surface area (Å²) in [4.78, 5) is 26.6. The molecule has 2 fully saturated rings. The van der Waals surface area contributed by atoms with Crippen LogP contribution in [-0.4, -0.2) is 40.7 Å². The van der Waals surface area contributed by atoms with Gasteiger partial charge >= 0.3 is 5.63 Å². The molecule has 2 heterocycles. The lowest BCUT2D eigenvalue weighted by molar-refractivity contribution is -0.149. The number of carbonyl (C=O) groups excluding carboxylic acids is 1. The van der Waals surface area contributed by atoms with Crippen LogP contribution in [0.1, 0.15) is 50.2 Å². The van der Waals surface area contributed by atoms with Crippen LogP contribution in [0.4, 0.5) is 0 Å². The van der Waals surface area contributed by atoms with Crippen LogP contribution < -0.4 is 10.4 Å². The molecule has 1 aliphatic carbocycles. The molecule has 1 aliphatic heterocycles. The number of rotatable bonds is 3. The van der Waals surface area contributed by atoms with E-state index in [0.717, 1.165) is 36.6 Å². The molecule has 1 aromatic carbocycles. The maximum absolute atomic E-state index is 13.0. The second-order valence-corrected chi connectivity index (χ2v) is 8.65. The number of benzene rings is 1. The van der Waals surface area contributed by atoms with E-state index in [1.807, 2.05) is 30.9 Å². The van der Waals surface area contributed by atoms with E-state index in [1.165, 1.54) is 6.07 Å². The van der Waals surface area contributed by atoms with Gasteiger partial charge < -0.3 is 19.2 Å². The number of likely N-dealkylation sites (tertiary alicyclic amines) is 1. The van der Waals surface area contributed by atoms with Crippen LogP contribution in [0.5, 0.6) is 5.75 Å². The molecule has 1 saturated carbocycles. The van der Waals surface area contributed by atoms with Crippen molar-refractivity contribution in [2.24, 2.45) is 5.92 Å². The van der Waals surface area contributed by atoms with Crippen molar-refractivity contribution < 1.29 is 19.1 Å². The zero-order valence-electron chi connectivity index (χ0n) is 17.4. The highest BCUT2D eigenvalue weighted by Gasteiger charge is 2.44. The molecule has 4 rings (SSSR count). The third-order valence-electron chi connectivity index (χ3n) is 6.71. The Bertz CT molecular complexity index is 997. The van der Waals surface area contributed by atoms with Crippen LogP contribution in [0.15, 0.2) is 27.4 Å². The van der Waals surface area contributed by atoms with Gasteiger partial charge in [-0.2, -0.15) is 0 Å². The fourth-order valence-corrected chi connectivity index (χ4v) is 4.90. The average molecular weight is 399 g/mol. The van der Waals surface area contributed by atoms with Crippen LogP contribution in [0, 0.1) is 19.8 Å². The lowest BCUT2D eigenvalue weighted by Gasteiger charge is -2.47. The van der Waals surface area contributed by atoms with Crippen LogP contribution in [0.3, 0.4) is 0 Å². The summed E-state index contributed by atoms with van der Waals surface area (Å²) < 4.78 is 11.4. The lowest BCUT2D eigenvalue weighted by atomic mass is 9.71. The Labute approximate surface area is 170 Å². The molecule has 0 radical (unpaired) electrons. The second kappa shape index (κ2) is 7.48. The molecule has 1 N–H and O–H groups in total. The minimum Gasteiger partial charge on any atom is -0.480 e. The van der Waals surface area contributed by atoms with E-state index < -0.39 is 17.3 Å². The SMILES string of the molecule is Cc1cc(=O)oc2c(C)c(O[C@@H](C)C(=O)N3CC[C@@]4(O)CCCC[C@@H]4C3)ccc12. The van der Waals surface area contributed by atoms with Crippen LogP contribution in [-0.2, 0) is 4.79 Å². The molecular weight excluding hydrogens is 370 g/mol. The summed E-state index contributed by atoms with van der Waals surface area (Å²) in [5.74, 6) is 0.627. The standard InChI is InChI=1S/C23H29NO5/c1-14-12-20(25)29-21-15(2)19(8-7-18(14)21)28-16(3)22(26)24-11-10-23(27)9-5-4-6-17(23)13-24/h7-8,12,16-17,27H,4-6,9-11,13H2,1-3H3/t16-,17+,23-/m0/s1. The Hall–Kier alpha value is -2.34. The number of fused-ring (bicyclic) bond motifs is 2. The van der Waals surface area contributed by atoms with Gasteiger partial charge in [-0.1, -0.05) is 12.8 Å². The Morgan fingerprint density at radius 2 is 2.10 bits per heavy atom. The van der Waals surface area contributed by atoms with Crippen molar-refractivity contribution in [3.05, 3.63) is 39.7 Å². The zero-order chi connectivity index (χ0) is 20.8. The van der Waals surface area contributed by atoms with Gasteiger partial charge in [-0.05, 0) is 57.7 Å². The van der Waals surface area contributed by atoms with Crippen LogP contribution >= 0.6 is 0 Å². The van der Waals surface area contributed by atoms with Gasteiger partial charge in [0.1, 0.15) is 11.3 Å². The summed E-state index contributed by atoms with van der Waals surface area (Å²) in [6, 6.07) is 5.15. The van der Waals surface area contributed by atoms with E-state index in [9.17, 15) is 14.7 Å². The largest absolute Gasteiger partial charge is 0.480 e. The fourth-order valence-electron chi connectivity index (χ4n) is 4.90. The minimum atomic E-state index is -0.655. The average Bonchev–Trinajstić information content (AvgIpc) is 2.69. The van der Waals surface area contributed by atoms with E-state index in [2.05, 4.69) is 0 Å². The highest BCUT2D eigenvalue weighted by molar-refractivity contribution is 5.85. The van der Waals surface area contributed by atoms with Crippen molar-refractivity contribution in [3.63, 3.8) is 0 Å². The van der Waals surface area contributed by atoms with Gasteiger partial charge in [0.05, 0.1) is 5.60 Å². The summed E-state index contributed by atoms with van der Waals surface area (Å²) in [5.41, 5.74) is 1.06. The Morgan fingerprint density at radius 3 is 2.90 bits per heavy atom. The predicted octanol–water partition coefficient (Wildman–Crippen LogP) is 3.33. The monoisotopic (exact) mass is 399 g/mol. The molecule has 2 aliphatic rings. The van der Waals surface area contributed by atoms with Crippen molar-refractivity contribution in [2.75, 3.05) is 13.1 Å². The third kappa shape index (κ3) is 3.66. The van der Waals surface area contributed by atoms with E-state index in [-0.39, 0.29) is 11.8 Å². The Kier molecular flexibility index (Phi) is 5.15. The lowest BCUT2D eigenvalue weighted by Crippen LogP contribution is -2.56. The van der Waals surface area contributed by atoms with Crippen molar-refractivity contribution in [3.8, 4) is 5.75 Å². The Morgan fingerprint density at radius 1 is 1.31 bits per heavy atom. The van der Waals surface area contributed by atoms with Crippen molar-refractivity contribution in [1.29, 1.82) is 0 Å². The van der Waals surface area contributed by atoms with Gasteiger partial charge in [-0.15, -0.1) is 0 Å². The first-order valence-corrected chi connectivity index (χ1v) is 10.5. The number of piperidine rings is 1. The molecule has 1 aromatic heterocycles. The summed E-state index contributed by atoms with van der Waals surface area (Å²) in [5, 5.41) is 11.7. The number of aryl methyl sites for hydroxylation is 2. The summed E-state index contributed by atoms with van der Waals surface area (Å²) in [6.07, 6.45) is 3.97. The van der Waals surface area contributed by atoms with E-state index >= 15 is 0 Å². The predicted molar refractivity (Wildman–Crippen MR) is 110 cm³/mol. The van der Waals surface area contributed by atoms with Gasteiger partial charge in [0.15, 0.2) is 6.10 Å². The van der Waals surface area contributed by atoms with Gasteiger partial charge in [0.25, 0.3) is 5.91 Å². The number of aliphatic hydroxyl groups is 1. The topological polar surface area (TPSA) is 80.0 Å². The summed E-state index contributed by atoms with van der Waals surface area (Å²) in [6.45, 7) is 6.60. The third-order valence-corrected chi connectivity index (χ3v) is 6.71. The van der Waals surface area contributed by atoms with Crippen molar-refractivity contribution in [2.45, 2.75) is 64.6 Å². The van der Waals surface area contributed by atoms with E-state index in [1.54, 1.807) is 6.92 Å². The van der Waals surface area contributed by atoms with Gasteiger partial charge in [0.2, 0.25) is 0 Å². The van der Waals surface area contributed by atoms with Gasteiger partial charge in [0, 0.05) is 36.0 Å². The first kappa shape index (κ1) is 20.0. The van der Waals surface area contributed by atoms with Crippen LogP contribution in [0.25, 0.3) is 11.0 Å². The number of amides is 1. The fraction of sp³-hybridized carbons (Fsp3) is 0.565. The zero-order valence-corrected chi connectivity index (χ0v) is 17.4. The first-order valence-electron chi connectivity index (χ1n) is 10.5. The summed E-state index contributed by atoms with van der Waals surface area (Å²) >= 11 is 0. The number of hydrogen-bond acceptors (Lipinski definition) is 5. The molecule has 0 spiro atoms. The number of hydrogen-bond donors (Lipinski definition) is 1. The highest BCUT2D eigenvalue weighted by atomic mass is 16.5. The van der Waals surface area contributed by atoms with E-state index in [0.29, 0.717) is 36.4 Å². The van der Waals surface area contributed by atoms with Crippen LogP contribution in [0.2, 0.25) is 0 Å². The molecule has 1 amide bonds. The molecule has 0 bridgehead atoms. The molecule has 6 nitrogen and oxygen atoms in total. The maximum Gasteiger partial charge on any atom is 0.336 e. The molecule has 2 aromatic rings. The number of carbonyl (C=O) groups is 1. The van der Waals surface area contributed by atoms with E-state index in [4.69, 9.17) is 9.15 Å². The smallest absolute Gasteiger partial charge is 0.336 e. The molecule has 29 heavy (non-hydrogen) atoms. The van der Waals surface area contributed by atoms with Crippen molar-refractivity contribution >= 4 is 16.9 Å². The molecule has 6 heteroatoms. The summed E-state index contributed by atoms with van der Waals surface area (Å²) in [7, 11) is 0. The first-order chi connectivity index (χ1) is 13.8. The molecule has 3 atom stereocenters. The molecular formula is C23H29NO5. The molecule has 1 saturated heterocycles. The van der Waals surface area contributed by atoms with Gasteiger partial charge in [-0.25, -0.2) is 4.79 Å².